The number of hydrogen-bond acceptors (Lipinski definition) is 4. The first-order chi connectivity index (χ1) is 16.2. The van der Waals surface area contributed by atoms with Gasteiger partial charge in [-0.1, -0.05) is 18.2 Å². The van der Waals surface area contributed by atoms with Gasteiger partial charge in [0.25, 0.3) is 5.91 Å². The molecule has 0 unspecified atom stereocenters. The molecule has 1 amide bonds. The summed E-state index contributed by atoms with van der Waals surface area (Å²) in [4.78, 5) is 17.4. The summed E-state index contributed by atoms with van der Waals surface area (Å²) in [5.74, 6) is 1.05. The number of aryl methyl sites for hydroxylation is 1. The fourth-order valence-corrected chi connectivity index (χ4v) is 3.54. The van der Waals surface area contributed by atoms with Crippen LogP contribution in [0.4, 0.5) is 5.69 Å². The van der Waals surface area contributed by atoms with E-state index >= 15 is 0 Å². The zero-order valence-electron chi connectivity index (χ0n) is 17.9. The number of carbonyl (C=O) groups is 1. The molecule has 0 bridgehead atoms. The van der Waals surface area contributed by atoms with E-state index in [9.17, 15) is 4.79 Å². The van der Waals surface area contributed by atoms with E-state index < -0.39 is 0 Å². The average molecular weight is 435 g/mol. The second kappa shape index (κ2) is 8.84. The van der Waals surface area contributed by atoms with Crippen LogP contribution in [-0.2, 0) is 7.05 Å². The molecule has 7 heteroatoms. The molecule has 0 saturated heterocycles. The van der Waals surface area contributed by atoms with E-state index in [2.05, 4.69) is 15.4 Å². The number of amides is 1. The summed E-state index contributed by atoms with van der Waals surface area (Å²) in [6, 6.07) is 22.3. The first-order valence-corrected chi connectivity index (χ1v) is 10.4. The highest BCUT2D eigenvalue weighted by Crippen LogP contribution is 2.27. The molecule has 2 aromatic carbocycles. The Morgan fingerprint density at radius 3 is 2.58 bits per heavy atom. The summed E-state index contributed by atoms with van der Waals surface area (Å²) in [6.45, 7) is 0. The number of ether oxygens (including phenoxy) is 1. The third-order valence-corrected chi connectivity index (χ3v) is 5.09. The SMILES string of the molecule is Cn1cc(-c2cc(Oc3cccc(NC(=O)c4ccccc4-n4cccc4)c3)ccn2)cn1. The number of benzene rings is 2. The van der Waals surface area contributed by atoms with Crippen LogP contribution in [0.15, 0.2) is 104 Å². The number of rotatable bonds is 6. The summed E-state index contributed by atoms with van der Waals surface area (Å²) < 4.78 is 9.68. The van der Waals surface area contributed by atoms with E-state index in [1.165, 1.54) is 0 Å². The molecule has 0 spiro atoms. The summed E-state index contributed by atoms with van der Waals surface area (Å²) in [5, 5.41) is 7.16. The number of para-hydroxylation sites is 1. The molecule has 0 saturated carbocycles. The lowest BCUT2D eigenvalue weighted by molar-refractivity contribution is 0.102. The molecule has 3 heterocycles. The van der Waals surface area contributed by atoms with Gasteiger partial charge in [0.15, 0.2) is 0 Å². The van der Waals surface area contributed by atoms with Crippen LogP contribution in [0.1, 0.15) is 10.4 Å². The van der Waals surface area contributed by atoms with Crippen molar-refractivity contribution in [1.29, 1.82) is 0 Å². The smallest absolute Gasteiger partial charge is 0.257 e. The van der Waals surface area contributed by atoms with E-state index in [1.54, 1.807) is 29.2 Å². The molecule has 0 aliphatic rings. The molecule has 0 atom stereocenters. The van der Waals surface area contributed by atoms with Crippen molar-refractivity contribution in [3.63, 3.8) is 0 Å². The highest BCUT2D eigenvalue weighted by molar-refractivity contribution is 6.06. The molecule has 3 aromatic heterocycles. The fourth-order valence-electron chi connectivity index (χ4n) is 3.54. The van der Waals surface area contributed by atoms with Crippen molar-refractivity contribution >= 4 is 11.6 Å². The molecule has 7 nitrogen and oxygen atoms in total. The Kier molecular flexibility index (Phi) is 5.43. The Morgan fingerprint density at radius 2 is 1.76 bits per heavy atom. The number of carbonyl (C=O) groups excluding carboxylic acids is 1. The molecule has 0 aliphatic heterocycles. The summed E-state index contributed by atoms with van der Waals surface area (Å²) >= 11 is 0. The van der Waals surface area contributed by atoms with Gasteiger partial charge in [0.2, 0.25) is 0 Å². The van der Waals surface area contributed by atoms with Gasteiger partial charge in [-0.3, -0.25) is 14.5 Å². The Balaban J connectivity index is 1.34. The molecular formula is C26H21N5O2. The standard InChI is InChI=1S/C26H21N5O2/c1-30-18-19(17-28-30)24-16-22(11-12-27-24)33-21-8-6-7-20(15-21)29-26(32)23-9-2-3-10-25(23)31-13-4-5-14-31/h2-18H,1H3,(H,29,32). The molecule has 5 rings (SSSR count). The molecule has 1 N–H and O–H groups in total. The van der Waals surface area contributed by atoms with Gasteiger partial charge in [-0.05, 0) is 42.5 Å². The van der Waals surface area contributed by atoms with Crippen LogP contribution in [0.25, 0.3) is 16.9 Å². The van der Waals surface area contributed by atoms with Gasteiger partial charge in [-0.25, -0.2) is 0 Å². The maximum absolute atomic E-state index is 13.0. The third kappa shape index (κ3) is 4.52. The largest absolute Gasteiger partial charge is 0.457 e. The Hall–Kier alpha value is -4.65. The van der Waals surface area contributed by atoms with Crippen LogP contribution >= 0.6 is 0 Å². The highest BCUT2D eigenvalue weighted by atomic mass is 16.5. The second-order valence-electron chi connectivity index (χ2n) is 7.47. The van der Waals surface area contributed by atoms with Gasteiger partial charge < -0.3 is 14.6 Å². The average Bonchev–Trinajstić information content (AvgIpc) is 3.52. The fraction of sp³-hybridized carbons (Fsp3) is 0.0385. The minimum absolute atomic E-state index is 0.195. The normalized spacial score (nSPS) is 10.7. The lowest BCUT2D eigenvalue weighted by atomic mass is 10.1. The highest BCUT2D eigenvalue weighted by Gasteiger charge is 2.13. The van der Waals surface area contributed by atoms with Crippen molar-refractivity contribution in [2.45, 2.75) is 0 Å². The van der Waals surface area contributed by atoms with Crippen molar-refractivity contribution in [2.75, 3.05) is 5.32 Å². The summed E-state index contributed by atoms with van der Waals surface area (Å²) in [5.41, 5.74) is 3.71. The van der Waals surface area contributed by atoms with Gasteiger partial charge >= 0.3 is 0 Å². The predicted molar refractivity (Wildman–Crippen MR) is 127 cm³/mol. The maximum atomic E-state index is 13.0. The molecule has 0 fully saturated rings. The minimum atomic E-state index is -0.195. The predicted octanol–water partition coefficient (Wildman–Crippen LogP) is 5.32. The van der Waals surface area contributed by atoms with Crippen LogP contribution in [0, 0.1) is 0 Å². The molecular weight excluding hydrogens is 414 g/mol. The Bertz CT molecular complexity index is 1410. The number of hydrogen-bond donors (Lipinski definition) is 1. The number of nitrogens with zero attached hydrogens (tertiary/aromatic N) is 4. The summed E-state index contributed by atoms with van der Waals surface area (Å²) in [7, 11) is 1.86. The number of pyridine rings is 1. The number of nitrogens with one attached hydrogen (secondary N) is 1. The monoisotopic (exact) mass is 435 g/mol. The van der Waals surface area contributed by atoms with Crippen LogP contribution in [0.3, 0.4) is 0 Å². The van der Waals surface area contributed by atoms with Crippen LogP contribution in [0.5, 0.6) is 11.5 Å². The van der Waals surface area contributed by atoms with Crippen molar-refractivity contribution in [1.82, 2.24) is 19.3 Å². The Labute approximate surface area is 190 Å². The van der Waals surface area contributed by atoms with Gasteiger partial charge in [0.1, 0.15) is 11.5 Å². The van der Waals surface area contributed by atoms with E-state index in [4.69, 9.17) is 4.74 Å². The van der Waals surface area contributed by atoms with Crippen molar-refractivity contribution in [2.24, 2.45) is 7.05 Å². The molecule has 162 valence electrons. The van der Waals surface area contributed by atoms with E-state index in [-0.39, 0.29) is 5.91 Å². The van der Waals surface area contributed by atoms with Gasteiger partial charge in [-0.2, -0.15) is 5.10 Å². The maximum Gasteiger partial charge on any atom is 0.257 e. The zero-order valence-corrected chi connectivity index (χ0v) is 17.9. The first kappa shape index (κ1) is 20.3. The van der Waals surface area contributed by atoms with E-state index in [0.29, 0.717) is 22.7 Å². The molecule has 0 aliphatic carbocycles. The van der Waals surface area contributed by atoms with Crippen LogP contribution in [-0.4, -0.2) is 25.2 Å². The quantitative estimate of drug-likeness (QED) is 0.392. The minimum Gasteiger partial charge on any atom is -0.457 e. The van der Waals surface area contributed by atoms with Gasteiger partial charge in [0.05, 0.1) is 23.1 Å². The van der Waals surface area contributed by atoms with Crippen molar-refractivity contribution in [3.05, 3.63) is 109 Å². The van der Waals surface area contributed by atoms with Crippen LogP contribution in [0.2, 0.25) is 0 Å². The lowest BCUT2D eigenvalue weighted by Crippen LogP contribution is -2.14. The van der Waals surface area contributed by atoms with Gasteiger partial charge in [0, 0.05) is 55.2 Å². The molecule has 5 aromatic rings. The van der Waals surface area contributed by atoms with E-state index in [0.717, 1.165) is 16.9 Å². The summed E-state index contributed by atoms with van der Waals surface area (Å²) in [6.07, 6.45) is 9.17. The second-order valence-corrected chi connectivity index (χ2v) is 7.47. The lowest BCUT2D eigenvalue weighted by Gasteiger charge is -2.12. The van der Waals surface area contributed by atoms with Crippen LogP contribution < -0.4 is 10.1 Å². The Morgan fingerprint density at radius 1 is 0.939 bits per heavy atom. The number of aromatic nitrogens is 4. The molecule has 33 heavy (non-hydrogen) atoms. The molecule has 0 radical (unpaired) electrons. The van der Waals surface area contributed by atoms with E-state index in [1.807, 2.05) is 90.9 Å². The first-order valence-electron chi connectivity index (χ1n) is 10.4. The van der Waals surface area contributed by atoms with Gasteiger partial charge in [-0.15, -0.1) is 0 Å². The van der Waals surface area contributed by atoms with Crippen molar-refractivity contribution < 1.29 is 9.53 Å². The topological polar surface area (TPSA) is 74.0 Å². The third-order valence-electron chi connectivity index (χ3n) is 5.09. The number of anilines is 1. The zero-order chi connectivity index (χ0) is 22.6. The van der Waals surface area contributed by atoms with Crippen molar-refractivity contribution in [3.8, 4) is 28.4 Å².